The molecular formula is C22H18N6O3. The van der Waals surface area contributed by atoms with Crippen LogP contribution in [0, 0.1) is 11.3 Å². The van der Waals surface area contributed by atoms with Gasteiger partial charge in [0.2, 0.25) is 0 Å². The van der Waals surface area contributed by atoms with Gasteiger partial charge in [-0.25, -0.2) is 9.50 Å². The van der Waals surface area contributed by atoms with Crippen molar-refractivity contribution in [1.29, 1.82) is 5.26 Å². The van der Waals surface area contributed by atoms with E-state index in [1.165, 1.54) is 0 Å². The number of H-pyrrole nitrogens is 1. The molecule has 4 aromatic rings. The van der Waals surface area contributed by atoms with Crippen LogP contribution in [0.3, 0.4) is 0 Å². The van der Waals surface area contributed by atoms with Crippen LogP contribution in [0.25, 0.3) is 16.9 Å². The van der Waals surface area contributed by atoms with Gasteiger partial charge >= 0.3 is 0 Å². The number of fused-ring (bicyclic) bond motifs is 2. The van der Waals surface area contributed by atoms with Crippen molar-refractivity contribution in [3.05, 3.63) is 59.8 Å². The molecule has 9 heteroatoms. The van der Waals surface area contributed by atoms with Crippen LogP contribution in [0.2, 0.25) is 0 Å². The fraction of sp³-hybridized carbons (Fsp3) is 0.136. The van der Waals surface area contributed by atoms with Gasteiger partial charge in [0.05, 0.1) is 12.8 Å². The molecule has 0 saturated heterocycles. The Kier molecular flexibility index (Phi) is 4.45. The van der Waals surface area contributed by atoms with Gasteiger partial charge < -0.3 is 20.1 Å². The van der Waals surface area contributed by atoms with Crippen molar-refractivity contribution in [2.24, 2.45) is 0 Å². The van der Waals surface area contributed by atoms with Gasteiger partial charge in [-0.05, 0) is 35.9 Å². The number of anilines is 2. The van der Waals surface area contributed by atoms with E-state index in [2.05, 4.69) is 21.8 Å². The number of aromatic nitrogens is 3. The Hall–Kier alpha value is -4.45. The first-order chi connectivity index (χ1) is 15.2. The van der Waals surface area contributed by atoms with Crippen LogP contribution < -0.4 is 20.1 Å². The average Bonchev–Trinajstić information content (AvgIpc) is 3.36. The normalized spacial score (nSPS) is 12.6. The van der Waals surface area contributed by atoms with Gasteiger partial charge in [0.25, 0.3) is 5.91 Å². The smallest absolute Gasteiger partial charge is 0.262 e. The largest absolute Gasteiger partial charge is 0.497 e. The summed E-state index contributed by atoms with van der Waals surface area (Å²) < 4.78 is 12.5. The number of hydrogen-bond donors (Lipinski definition) is 3. The van der Waals surface area contributed by atoms with Crippen LogP contribution in [0.5, 0.6) is 11.5 Å². The molecule has 0 fully saturated rings. The van der Waals surface area contributed by atoms with E-state index >= 15 is 0 Å². The molecule has 9 nitrogen and oxygen atoms in total. The van der Waals surface area contributed by atoms with Gasteiger partial charge in [0.15, 0.2) is 18.1 Å². The first kappa shape index (κ1) is 18.6. The molecule has 0 bridgehead atoms. The Bertz CT molecular complexity index is 1350. The predicted octanol–water partition coefficient (Wildman–Crippen LogP) is 3.15. The highest BCUT2D eigenvalue weighted by Gasteiger charge is 2.21. The van der Waals surface area contributed by atoms with E-state index in [1.807, 2.05) is 36.4 Å². The number of nitriles is 1. The number of imidazole rings is 1. The fourth-order valence-corrected chi connectivity index (χ4v) is 3.57. The van der Waals surface area contributed by atoms with Crippen LogP contribution in [0.4, 0.5) is 11.5 Å². The van der Waals surface area contributed by atoms with Crippen molar-refractivity contribution >= 4 is 23.1 Å². The molecule has 5 rings (SSSR count). The Balaban J connectivity index is 1.56. The molecule has 3 heterocycles. The highest BCUT2D eigenvalue weighted by Crippen LogP contribution is 2.36. The van der Waals surface area contributed by atoms with Gasteiger partial charge in [-0.3, -0.25) is 9.89 Å². The zero-order valence-electron chi connectivity index (χ0n) is 16.6. The lowest BCUT2D eigenvalue weighted by Crippen LogP contribution is -2.25. The van der Waals surface area contributed by atoms with E-state index in [4.69, 9.17) is 14.5 Å². The molecule has 0 saturated carbocycles. The zero-order chi connectivity index (χ0) is 21.4. The minimum Gasteiger partial charge on any atom is -0.497 e. The Morgan fingerprint density at radius 3 is 3.06 bits per heavy atom. The molecular weight excluding hydrogens is 396 g/mol. The van der Waals surface area contributed by atoms with E-state index in [1.54, 1.807) is 23.9 Å². The van der Waals surface area contributed by atoms with Gasteiger partial charge in [0.1, 0.15) is 28.8 Å². The third kappa shape index (κ3) is 3.30. The number of aromatic amines is 1. The van der Waals surface area contributed by atoms with Crippen molar-refractivity contribution in [1.82, 2.24) is 14.6 Å². The topological polar surface area (TPSA) is 116 Å². The number of methoxy groups -OCH3 is 1. The number of benzene rings is 2. The number of ether oxygens (including phenoxy) is 2. The Morgan fingerprint density at radius 2 is 2.23 bits per heavy atom. The summed E-state index contributed by atoms with van der Waals surface area (Å²) in [5, 5.41) is 18.7. The number of nitrogens with zero attached hydrogens (tertiary/aromatic N) is 3. The summed E-state index contributed by atoms with van der Waals surface area (Å²) in [5.41, 5.74) is 3.99. The number of amides is 1. The Morgan fingerprint density at radius 1 is 1.32 bits per heavy atom. The fourth-order valence-electron chi connectivity index (χ4n) is 3.57. The SMILES string of the molecule is COc1cccc(CNc2c(-c3ccc4c(c3)NC(=O)CO4)nc3c(C#N)c[nH]n23)c1. The lowest BCUT2D eigenvalue weighted by Gasteiger charge is -2.18. The van der Waals surface area contributed by atoms with Crippen LogP contribution in [-0.4, -0.2) is 34.2 Å². The summed E-state index contributed by atoms with van der Waals surface area (Å²) in [4.78, 5) is 16.4. The summed E-state index contributed by atoms with van der Waals surface area (Å²) in [6.07, 6.45) is 1.61. The summed E-state index contributed by atoms with van der Waals surface area (Å²) in [5.74, 6) is 1.87. The monoisotopic (exact) mass is 414 g/mol. The van der Waals surface area contributed by atoms with Crippen LogP contribution in [0.15, 0.2) is 48.7 Å². The van der Waals surface area contributed by atoms with E-state index in [0.29, 0.717) is 40.7 Å². The summed E-state index contributed by atoms with van der Waals surface area (Å²) in [6, 6.07) is 15.4. The average molecular weight is 414 g/mol. The molecule has 154 valence electrons. The first-order valence-corrected chi connectivity index (χ1v) is 9.60. The summed E-state index contributed by atoms with van der Waals surface area (Å²) >= 11 is 0. The van der Waals surface area contributed by atoms with Gasteiger partial charge in [-0.15, -0.1) is 0 Å². The zero-order valence-corrected chi connectivity index (χ0v) is 16.6. The number of hydrogen-bond acceptors (Lipinski definition) is 6. The highest BCUT2D eigenvalue weighted by atomic mass is 16.5. The second-order valence-corrected chi connectivity index (χ2v) is 7.02. The van der Waals surface area contributed by atoms with E-state index < -0.39 is 0 Å². The summed E-state index contributed by atoms with van der Waals surface area (Å²) in [6.45, 7) is 0.516. The molecule has 1 amide bonds. The molecule has 0 aliphatic carbocycles. The second-order valence-electron chi connectivity index (χ2n) is 7.02. The molecule has 2 aromatic heterocycles. The van der Waals surface area contributed by atoms with Gasteiger partial charge in [-0.1, -0.05) is 12.1 Å². The van der Waals surface area contributed by atoms with Gasteiger partial charge in [-0.2, -0.15) is 5.26 Å². The van der Waals surface area contributed by atoms with E-state index in [9.17, 15) is 10.1 Å². The van der Waals surface area contributed by atoms with Crippen LogP contribution in [0.1, 0.15) is 11.1 Å². The van der Waals surface area contributed by atoms with Crippen molar-refractivity contribution in [2.45, 2.75) is 6.54 Å². The molecule has 0 spiro atoms. The molecule has 0 unspecified atom stereocenters. The minimum absolute atomic E-state index is 0.00128. The number of carbonyl (C=O) groups excluding carboxylic acids is 1. The number of carbonyl (C=O) groups is 1. The number of rotatable bonds is 5. The molecule has 0 atom stereocenters. The standard InChI is InChI=1S/C22H18N6O3/c1-30-16-4-2-3-13(7-16)10-24-22-20(27-21-15(9-23)11-25-28(21)22)14-5-6-18-17(8-14)26-19(29)12-31-18/h2-8,11,24-25H,10,12H2,1H3,(H,26,29). The van der Waals surface area contributed by atoms with Crippen LogP contribution in [-0.2, 0) is 11.3 Å². The Labute approximate surface area is 177 Å². The second kappa shape index (κ2) is 7.42. The maximum absolute atomic E-state index is 11.7. The quantitative estimate of drug-likeness (QED) is 0.462. The molecule has 2 aromatic carbocycles. The first-order valence-electron chi connectivity index (χ1n) is 9.60. The maximum Gasteiger partial charge on any atom is 0.262 e. The highest BCUT2D eigenvalue weighted by molar-refractivity contribution is 5.96. The van der Waals surface area contributed by atoms with Crippen molar-refractivity contribution in [3.63, 3.8) is 0 Å². The van der Waals surface area contributed by atoms with Crippen molar-refractivity contribution in [3.8, 4) is 28.8 Å². The minimum atomic E-state index is -0.204. The molecule has 31 heavy (non-hydrogen) atoms. The van der Waals surface area contributed by atoms with E-state index in [0.717, 1.165) is 16.9 Å². The lowest BCUT2D eigenvalue weighted by atomic mass is 10.1. The predicted molar refractivity (Wildman–Crippen MR) is 114 cm³/mol. The molecule has 0 radical (unpaired) electrons. The maximum atomic E-state index is 11.7. The number of nitrogens with one attached hydrogen (secondary N) is 3. The van der Waals surface area contributed by atoms with Crippen LogP contribution >= 0.6 is 0 Å². The van der Waals surface area contributed by atoms with E-state index in [-0.39, 0.29) is 12.5 Å². The third-order valence-electron chi connectivity index (χ3n) is 5.06. The molecule has 1 aliphatic heterocycles. The molecule has 3 N–H and O–H groups in total. The lowest BCUT2D eigenvalue weighted by molar-refractivity contribution is -0.118. The third-order valence-corrected chi connectivity index (χ3v) is 5.06. The van der Waals surface area contributed by atoms with Crippen molar-refractivity contribution in [2.75, 3.05) is 24.4 Å². The van der Waals surface area contributed by atoms with Gasteiger partial charge in [0, 0.05) is 18.3 Å². The molecule has 1 aliphatic rings. The van der Waals surface area contributed by atoms with Crippen molar-refractivity contribution < 1.29 is 14.3 Å². The summed E-state index contributed by atoms with van der Waals surface area (Å²) in [7, 11) is 1.63.